The quantitative estimate of drug-likeness (QED) is 0.696. The molecule has 0 saturated heterocycles. The lowest BCUT2D eigenvalue weighted by Gasteiger charge is -2.04. The van der Waals surface area contributed by atoms with Crippen LogP contribution < -0.4 is 20.9 Å². The molecule has 2 aromatic carbocycles. The van der Waals surface area contributed by atoms with Gasteiger partial charge in [-0.15, -0.1) is 0 Å². The van der Waals surface area contributed by atoms with Gasteiger partial charge in [-0.2, -0.15) is 0 Å². The maximum Gasteiger partial charge on any atom is 0.343 e. The van der Waals surface area contributed by atoms with E-state index < -0.39 is 5.97 Å². The summed E-state index contributed by atoms with van der Waals surface area (Å²) < 4.78 is 11.3. The molecule has 0 saturated carbocycles. The normalized spacial score (nSPS) is 11.3. The number of nitrogens with zero attached hydrogens (tertiary/aromatic N) is 1. The van der Waals surface area contributed by atoms with Crippen molar-refractivity contribution in [2.75, 3.05) is 13.7 Å². The van der Waals surface area contributed by atoms with E-state index >= 15 is 0 Å². The molecule has 1 heterocycles. The van der Waals surface area contributed by atoms with Crippen molar-refractivity contribution in [1.82, 2.24) is 9.78 Å². The molecule has 0 amide bonds. The molecule has 0 spiro atoms. The molecule has 1 N–H and O–H groups in total. The number of esters is 1. The number of rotatable bonds is 5. The summed E-state index contributed by atoms with van der Waals surface area (Å²) in [5.41, 5.74) is 1.39. The third-order valence-corrected chi connectivity index (χ3v) is 3.80. The van der Waals surface area contributed by atoms with Crippen molar-refractivity contribution in [3.8, 4) is 11.4 Å². The van der Waals surface area contributed by atoms with E-state index in [9.17, 15) is 9.59 Å². The average molecular weight is 350 g/mol. The number of carbonyl (C=O) groups is 1. The number of H-pyrrole nitrogens is 1. The van der Waals surface area contributed by atoms with Crippen LogP contribution in [0.1, 0.15) is 5.56 Å². The lowest BCUT2D eigenvalue weighted by Crippen LogP contribution is -2.33. The molecule has 6 heteroatoms. The monoisotopic (exact) mass is 350 g/mol. The van der Waals surface area contributed by atoms with Crippen LogP contribution in [-0.4, -0.2) is 29.5 Å². The first-order chi connectivity index (χ1) is 12.6. The van der Waals surface area contributed by atoms with Crippen LogP contribution in [0, 0.1) is 0 Å². The van der Waals surface area contributed by atoms with E-state index in [0.717, 1.165) is 11.3 Å². The standard InChI is InChI=1S/C20H18N2O4/c1-14-18(20(24)22(21-14)16-6-4-3-5-7-16)12-15-8-10-17(11-9-15)26-13-19(23)25-2/h3-12,21H,1,13H2,2H3/b18-12+. The van der Waals surface area contributed by atoms with Crippen molar-refractivity contribution in [3.63, 3.8) is 0 Å². The number of benzene rings is 2. The molecule has 0 aliphatic heterocycles. The Balaban J connectivity index is 1.89. The zero-order valence-electron chi connectivity index (χ0n) is 14.3. The van der Waals surface area contributed by atoms with Crippen LogP contribution >= 0.6 is 0 Å². The number of nitrogens with one attached hydrogen (secondary N) is 1. The summed E-state index contributed by atoms with van der Waals surface area (Å²) in [4.78, 5) is 23.7. The van der Waals surface area contributed by atoms with Crippen LogP contribution in [0.25, 0.3) is 18.3 Å². The largest absolute Gasteiger partial charge is 0.482 e. The number of ether oxygens (including phenoxy) is 2. The Kier molecular flexibility index (Phi) is 5.03. The Morgan fingerprint density at radius 3 is 2.50 bits per heavy atom. The Hall–Kier alpha value is -3.54. The average Bonchev–Trinajstić information content (AvgIpc) is 2.96. The van der Waals surface area contributed by atoms with Crippen LogP contribution in [0.3, 0.4) is 0 Å². The fraction of sp³-hybridized carbons (Fsp3) is 0.100. The SMILES string of the molecule is C=c1[nH]n(-c2ccccc2)c(=O)/c1=C/c1ccc(OCC(=O)OC)cc1. The van der Waals surface area contributed by atoms with E-state index in [4.69, 9.17) is 4.74 Å². The maximum absolute atomic E-state index is 12.7. The van der Waals surface area contributed by atoms with Gasteiger partial charge >= 0.3 is 5.97 Å². The predicted molar refractivity (Wildman–Crippen MR) is 98.7 cm³/mol. The maximum atomic E-state index is 12.7. The number of methoxy groups -OCH3 is 1. The first-order valence-electron chi connectivity index (χ1n) is 7.95. The molecule has 0 unspecified atom stereocenters. The van der Waals surface area contributed by atoms with Crippen LogP contribution in [0.15, 0.2) is 59.4 Å². The minimum absolute atomic E-state index is 0.151. The summed E-state index contributed by atoms with van der Waals surface area (Å²) in [5, 5.41) is 4.00. The number of aromatic nitrogens is 2. The molecule has 0 aliphatic carbocycles. The summed E-state index contributed by atoms with van der Waals surface area (Å²) in [6.45, 7) is 3.77. The Bertz CT molecular complexity index is 1060. The van der Waals surface area contributed by atoms with Gasteiger partial charge in [0.15, 0.2) is 6.61 Å². The second-order valence-corrected chi connectivity index (χ2v) is 5.56. The zero-order valence-corrected chi connectivity index (χ0v) is 14.3. The highest BCUT2D eigenvalue weighted by Crippen LogP contribution is 2.12. The van der Waals surface area contributed by atoms with Gasteiger partial charge in [-0.3, -0.25) is 9.89 Å². The topological polar surface area (TPSA) is 73.3 Å². The smallest absolute Gasteiger partial charge is 0.343 e. The number of para-hydroxylation sites is 1. The van der Waals surface area contributed by atoms with Crippen LogP contribution in [0.4, 0.5) is 0 Å². The van der Waals surface area contributed by atoms with Gasteiger partial charge in [0.1, 0.15) is 5.75 Å². The van der Waals surface area contributed by atoms with Crippen molar-refractivity contribution in [3.05, 3.63) is 81.1 Å². The minimum Gasteiger partial charge on any atom is -0.482 e. The molecule has 3 aromatic rings. The van der Waals surface area contributed by atoms with Gasteiger partial charge in [0.05, 0.1) is 23.4 Å². The summed E-state index contributed by atoms with van der Waals surface area (Å²) in [7, 11) is 1.30. The fourth-order valence-corrected chi connectivity index (χ4v) is 2.43. The summed E-state index contributed by atoms with van der Waals surface area (Å²) >= 11 is 0. The molecule has 3 rings (SSSR count). The van der Waals surface area contributed by atoms with E-state index in [1.54, 1.807) is 30.3 Å². The molecule has 1 aromatic heterocycles. The third kappa shape index (κ3) is 3.75. The summed E-state index contributed by atoms with van der Waals surface area (Å²) in [6.07, 6.45) is 1.75. The van der Waals surface area contributed by atoms with Crippen molar-refractivity contribution < 1.29 is 14.3 Å². The molecule has 26 heavy (non-hydrogen) atoms. The zero-order chi connectivity index (χ0) is 18.5. The highest BCUT2D eigenvalue weighted by atomic mass is 16.6. The van der Waals surface area contributed by atoms with Crippen molar-refractivity contribution in [2.24, 2.45) is 0 Å². The third-order valence-electron chi connectivity index (χ3n) is 3.80. The van der Waals surface area contributed by atoms with E-state index in [1.165, 1.54) is 11.8 Å². The first kappa shape index (κ1) is 17.3. The number of hydrogen-bond acceptors (Lipinski definition) is 4. The van der Waals surface area contributed by atoms with Gasteiger partial charge in [-0.25, -0.2) is 9.48 Å². The van der Waals surface area contributed by atoms with Gasteiger partial charge in [-0.1, -0.05) is 36.9 Å². The Morgan fingerprint density at radius 2 is 1.85 bits per heavy atom. The van der Waals surface area contributed by atoms with Crippen molar-refractivity contribution in [1.29, 1.82) is 0 Å². The highest BCUT2D eigenvalue weighted by Gasteiger charge is 2.05. The van der Waals surface area contributed by atoms with Gasteiger partial charge in [-0.05, 0) is 35.9 Å². The molecular weight excluding hydrogens is 332 g/mol. The lowest BCUT2D eigenvalue weighted by molar-refractivity contribution is -0.142. The molecule has 0 atom stereocenters. The first-order valence-corrected chi connectivity index (χ1v) is 7.95. The predicted octanol–water partition coefficient (Wildman–Crippen LogP) is 0.956. The lowest BCUT2D eigenvalue weighted by atomic mass is 10.2. The van der Waals surface area contributed by atoms with Crippen LogP contribution in [0.2, 0.25) is 0 Å². The Labute approximate surface area is 149 Å². The van der Waals surface area contributed by atoms with Gasteiger partial charge in [0, 0.05) is 0 Å². The fourth-order valence-electron chi connectivity index (χ4n) is 2.43. The van der Waals surface area contributed by atoms with E-state index in [0.29, 0.717) is 16.3 Å². The molecule has 0 bridgehead atoms. The van der Waals surface area contributed by atoms with Crippen molar-refractivity contribution in [2.45, 2.75) is 0 Å². The second-order valence-electron chi connectivity index (χ2n) is 5.56. The molecule has 132 valence electrons. The van der Waals surface area contributed by atoms with E-state index in [-0.39, 0.29) is 12.2 Å². The summed E-state index contributed by atoms with van der Waals surface area (Å²) in [5.74, 6) is 0.0919. The molecular formula is C20H18N2O4. The van der Waals surface area contributed by atoms with Gasteiger partial charge in [0.25, 0.3) is 5.56 Å². The molecule has 6 nitrogen and oxygen atoms in total. The molecule has 0 radical (unpaired) electrons. The van der Waals surface area contributed by atoms with Gasteiger partial charge < -0.3 is 9.47 Å². The minimum atomic E-state index is -0.448. The Morgan fingerprint density at radius 1 is 1.15 bits per heavy atom. The molecule has 0 aliphatic rings. The highest BCUT2D eigenvalue weighted by molar-refractivity contribution is 5.70. The van der Waals surface area contributed by atoms with Crippen molar-refractivity contribution >= 4 is 18.6 Å². The molecule has 0 fully saturated rings. The number of carbonyl (C=O) groups excluding carboxylic acids is 1. The number of hydrogen-bond donors (Lipinski definition) is 1. The second kappa shape index (κ2) is 7.57. The van der Waals surface area contributed by atoms with Gasteiger partial charge in [0.2, 0.25) is 0 Å². The van der Waals surface area contributed by atoms with E-state index in [2.05, 4.69) is 16.4 Å². The number of aromatic amines is 1. The summed E-state index contributed by atoms with van der Waals surface area (Å²) in [6, 6.07) is 16.3. The van der Waals surface area contributed by atoms with Crippen LogP contribution in [-0.2, 0) is 9.53 Å². The van der Waals surface area contributed by atoms with Crippen LogP contribution in [0.5, 0.6) is 5.75 Å². The van der Waals surface area contributed by atoms with E-state index in [1.807, 2.05) is 30.3 Å².